The minimum Gasteiger partial charge on any atom is -0.497 e. The molecular weight excluding hydrogens is 268 g/mol. The van der Waals surface area contributed by atoms with Crippen LogP contribution in [-0.4, -0.2) is 38.3 Å². The van der Waals surface area contributed by atoms with Gasteiger partial charge in [-0.25, -0.2) is 0 Å². The predicted molar refractivity (Wildman–Crippen MR) is 83.9 cm³/mol. The van der Waals surface area contributed by atoms with Gasteiger partial charge in [0.2, 0.25) is 5.91 Å². The zero-order valence-electron chi connectivity index (χ0n) is 13.4. The highest BCUT2D eigenvalue weighted by Crippen LogP contribution is 2.16. The van der Waals surface area contributed by atoms with Gasteiger partial charge >= 0.3 is 0 Å². The lowest BCUT2D eigenvalue weighted by Gasteiger charge is -2.20. The molecule has 0 saturated heterocycles. The van der Waals surface area contributed by atoms with Gasteiger partial charge in [0.1, 0.15) is 18.1 Å². The average Bonchev–Trinajstić information content (AvgIpc) is 2.41. The Kier molecular flexibility index (Phi) is 7.02. The van der Waals surface area contributed by atoms with E-state index in [0.29, 0.717) is 26.1 Å². The van der Waals surface area contributed by atoms with Gasteiger partial charge in [-0.15, -0.1) is 0 Å². The van der Waals surface area contributed by atoms with Gasteiger partial charge in [0.05, 0.1) is 7.11 Å². The van der Waals surface area contributed by atoms with Crippen LogP contribution in [0.4, 0.5) is 0 Å². The first-order chi connectivity index (χ1) is 9.90. The molecule has 5 heteroatoms. The molecule has 5 nitrogen and oxygen atoms in total. The lowest BCUT2D eigenvalue weighted by molar-refractivity contribution is -0.122. The zero-order valence-corrected chi connectivity index (χ0v) is 13.4. The molecule has 0 aliphatic carbocycles. The lowest BCUT2D eigenvalue weighted by Crippen LogP contribution is -2.41. The molecule has 0 saturated carbocycles. The summed E-state index contributed by atoms with van der Waals surface area (Å²) < 4.78 is 10.7. The zero-order chi connectivity index (χ0) is 15.7. The topological polar surface area (TPSA) is 59.6 Å². The van der Waals surface area contributed by atoms with Crippen LogP contribution in [0.25, 0.3) is 0 Å². The van der Waals surface area contributed by atoms with Gasteiger partial charge in [0, 0.05) is 25.0 Å². The van der Waals surface area contributed by atoms with Crippen molar-refractivity contribution in [1.82, 2.24) is 10.6 Å². The van der Waals surface area contributed by atoms with E-state index in [4.69, 9.17) is 9.47 Å². The minimum atomic E-state index is -0.172. The SMILES string of the molecule is COc1ccc(OCCNCCC(=O)NC(C)(C)C)cc1. The molecule has 0 atom stereocenters. The van der Waals surface area contributed by atoms with Crippen molar-refractivity contribution >= 4 is 5.91 Å². The van der Waals surface area contributed by atoms with E-state index in [1.807, 2.05) is 45.0 Å². The fourth-order valence-corrected chi connectivity index (χ4v) is 1.72. The molecule has 0 bridgehead atoms. The highest BCUT2D eigenvalue weighted by Gasteiger charge is 2.12. The molecular formula is C16H26N2O3. The normalized spacial score (nSPS) is 11.0. The molecule has 0 heterocycles. The summed E-state index contributed by atoms with van der Waals surface area (Å²) in [6.45, 7) is 7.83. The third-order valence-electron chi connectivity index (χ3n) is 2.65. The van der Waals surface area contributed by atoms with Gasteiger partial charge in [-0.3, -0.25) is 4.79 Å². The Hall–Kier alpha value is -1.75. The summed E-state index contributed by atoms with van der Waals surface area (Å²) in [6.07, 6.45) is 0.472. The quantitative estimate of drug-likeness (QED) is 0.720. The Balaban J connectivity index is 2.07. The number of ether oxygens (including phenoxy) is 2. The first-order valence-electron chi connectivity index (χ1n) is 7.19. The summed E-state index contributed by atoms with van der Waals surface area (Å²) in [6, 6.07) is 7.46. The van der Waals surface area contributed by atoms with E-state index in [1.54, 1.807) is 7.11 Å². The summed E-state index contributed by atoms with van der Waals surface area (Å²) in [7, 11) is 1.63. The second kappa shape index (κ2) is 8.52. The Morgan fingerprint density at radius 1 is 1.10 bits per heavy atom. The fourth-order valence-electron chi connectivity index (χ4n) is 1.72. The number of amides is 1. The summed E-state index contributed by atoms with van der Waals surface area (Å²) in [5.74, 6) is 1.68. The lowest BCUT2D eigenvalue weighted by atomic mass is 10.1. The average molecular weight is 294 g/mol. The standard InChI is InChI=1S/C16H26N2O3/c1-16(2,3)18-15(19)9-10-17-11-12-21-14-7-5-13(20-4)6-8-14/h5-8,17H,9-12H2,1-4H3,(H,18,19). The molecule has 118 valence electrons. The fraction of sp³-hybridized carbons (Fsp3) is 0.562. The molecule has 1 rings (SSSR count). The summed E-state index contributed by atoms with van der Waals surface area (Å²) in [5.41, 5.74) is -0.172. The number of hydrogen-bond acceptors (Lipinski definition) is 4. The molecule has 21 heavy (non-hydrogen) atoms. The Morgan fingerprint density at radius 2 is 1.71 bits per heavy atom. The molecule has 0 unspecified atom stereocenters. The Bertz CT molecular complexity index is 424. The van der Waals surface area contributed by atoms with Crippen molar-refractivity contribution in [2.45, 2.75) is 32.7 Å². The Morgan fingerprint density at radius 3 is 2.29 bits per heavy atom. The van der Waals surface area contributed by atoms with Gasteiger partial charge in [0.15, 0.2) is 0 Å². The summed E-state index contributed by atoms with van der Waals surface area (Å²) in [5, 5.41) is 6.11. The number of methoxy groups -OCH3 is 1. The molecule has 1 amide bonds. The van der Waals surface area contributed by atoms with Crippen molar-refractivity contribution in [2.75, 3.05) is 26.8 Å². The first kappa shape index (κ1) is 17.3. The van der Waals surface area contributed by atoms with Gasteiger partial charge in [-0.1, -0.05) is 0 Å². The van der Waals surface area contributed by atoms with Crippen LogP contribution in [0.2, 0.25) is 0 Å². The van der Waals surface area contributed by atoms with Crippen molar-refractivity contribution in [3.05, 3.63) is 24.3 Å². The van der Waals surface area contributed by atoms with Crippen molar-refractivity contribution in [3.8, 4) is 11.5 Å². The van der Waals surface area contributed by atoms with Gasteiger partial charge in [0.25, 0.3) is 0 Å². The molecule has 0 spiro atoms. The molecule has 0 radical (unpaired) electrons. The third-order valence-corrected chi connectivity index (χ3v) is 2.65. The Labute approximate surface area is 127 Å². The van der Waals surface area contributed by atoms with Crippen LogP contribution in [0.3, 0.4) is 0 Å². The summed E-state index contributed by atoms with van der Waals surface area (Å²) in [4.78, 5) is 11.6. The van der Waals surface area contributed by atoms with Crippen LogP contribution in [0.5, 0.6) is 11.5 Å². The van der Waals surface area contributed by atoms with Crippen LogP contribution in [0, 0.1) is 0 Å². The smallest absolute Gasteiger partial charge is 0.221 e. The molecule has 2 N–H and O–H groups in total. The maximum Gasteiger partial charge on any atom is 0.221 e. The highest BCUT2D eigenvalue weighted by molar-refractivity contribution is 5.76. The molecule has 1 aromatic carbocycles. The van der Waals surface area contributed by atoms with Gasteiger partial charge in [-0.05, 0) is 45.0 Å². The largest absolute Gasteiger partial charge is 0.497 e. The number of rotatable bonds is 8. The molecule has 1 aromatic rings. The van der Waals surface area contributed by atoms with Crippen LogP contribution in [-0.2, 0) is 4.79 Å². The maximum absolute atomic E-state index is 11.6. The van der Waals surface area contributed by atoms with E-state index in [2.05, 4.69) is 10.6 Å². The van der Waals surface area contributed by atoms with Gasteiger partial charge < -0.3 is 20.1 Å². The minimum absolute atomic E-state index is 0.0612. The van der Waals surface area contributed by atoms with E-state index < -0.39 is 0 Å². The van der Waals surface area contributed by atoms with Crippen LogP contribution in [0.15, 0.2) is 24.3 Å². The van der Waals surface area contributed by atoms with Crippen molar-refractivity contribution in [2.24, 2.45) is 0 Å². The van der Waals surface area contributed by atoms with Gasteiger partial charge in [-0.2, -0.15) is 0 Å². The molecule has 0 aliphatic heterocycles. The van der Waals surface area contributed by atoms with Crippen molar-refractivity contribution in [3.63, 3.8) is 0 Å². The molecule has 0 fully saturated rings. The molecule has 0 aromatic heterocycles. The van der Waals surface area contributed by atoms with E-state index in [0.717, 1.165) is 11.5 Å². The van der Waals surface area contributed by atoms with Crippen LogP contribution >= 0.6 is 0 Å². The summed E-state index contributed by atoms with van der Waals surface area (Å²) >= 11 is 0. The van der Waals surface area contributed by atoms with E-state index >= 15 is 0 Å². The molecule has 0 aliphatic rings. The maximum atomic E-state index is 11.6. The van der Waals surface area contributed by atoms with E-state index in [-0.39, 0.29) is 11.4 Å². The van der Waals surface area contributed by atoms with Crippen molar-refractivity contribution in [1.29, 1.82) is 0 Å². The predicted octanol–water partition coefficient (Wildman–Crippen LogP) is 1.97. The van der Waals surface area contributed by atoms with E-state index in [1.165, 1.54) is 0 Å². The number of benzene rings is 1. The van der Waals surface area contributed by atoms with Crippen LogP contribution < -0.4 is 20.1 Å². The number of hydrogen-bond donors (Lipinski definition) is 2. The highest BCUT2D eigenvalue weighted by atomic mass is 16.5. The van der Waals surface area contributed by atoms with E-state index in [9.17, 15) is 4.79 Å². The number of carbonyl (C=O) groups excluding carboxylic acids is 1. The number of carbonyl (C=O) groups is 1. The first-order valence-corrected chi connectivity index (χ1v) is 7.19. The second-order valence-corrected chi connectivity index (χ2v) is 5.82. The number of nitrogens with one attached hydrogen (secondary N) is 2. The monoisotopic (exact) mass is 294 g/mol. The second-order valence-electron chi connectivity index (χ2n) is 5.82. The van der Waals surface area contributed by atoms with Crippen molar-refractivity contribution < 1.29 is 14.3 Å². The third kappa shape index (κ3) is 8.19. The van der Waals surface area contributed by atoms with Crippen LogP contribution in [0.1, 0.15) is 27.2 Å².